The number of carbonyl (C=O) groups excluding carboxylic acids is 2. The first-order chi connectivity index (χ1) is 21.6. The van der Waals surface area contributed by atoms with Crippen LogP contribution >= 0.6 is 11.3 Å². The summed E-state index contributed by atoms with van der Waals surface area (Å²) in [4.78, 5) is 38.8. The number of nitrogens with one attached hydrogen (secondary N) is 1. The second-order valence-corrected chi connectivity index (χ2v) is 15.3. The van der Waals surface area contributed by atoms with Crippen LogP contribution in [0.2, 0.25) is 0 Å². The first-order valence-corrected chi connectivity index (χ1v) is 17.6. The molecule has 7 nitrogen and oxygen atoms in total. The van der Waals surface area contributed by atoms with Crippen LogP contribution in [-0.2, 0) is 15.0 Å². The molecule has 7 rings (SSSR count). The van der Waals surface area contributed by atoms with Gasteiger partial charge in [-0.3, -0.25) is 14.5 Å². The topological polar surface area (TPSA) is 84.4 Å². The van der Waals surface area contributed by atoms with Crippen molar-refractivity contribution >= 4 is 29.0 Å². The van der Waals surface area contributed by atoms with E-state index >= 15 is 0 Å². The van der Waals surface area contributed by atoms with Gasteiger partial charge in [-0.2, -0.15) is 0 Å². The number of nitrogens with zero attached hydrogens (tertiary/aromatic N) is 3. The van der Waals surface area contributed by atoms with E-state index in [4.69, 9.17) is 9.72 Å². The van der Waals surface area contributed by atoms with E-state index in [0.29, 0.717) is 12.5 Å². The Morgan fingerprint density at radius 3 is 2.33 bits per heavy atom. The predicted molar refractivity (Wildman–Crippen MR) is 181 cm³/mol. The van der Waals surface area contributed by atoms with Crippen LogP contribution in [0.5, 0.6) is 5.75 Å². The highest BCUT2D eigenvalue weighted by Crippen LogP contribution is 2.58. The van der Waals surface area contributed by atoms with Crippen LogP contribution in [0.4, 0.5) is 5.82 Å². The molecule has 4 aliphatic carbocycles. The number of anilines is 1. The maximum Gasteiger partial charge on any atom is 0.231 e. The molecule has 2 amide bonds. The van der Waals surface area contributed by atoms with E-state index in [0.717, 1.165) is 91.2 Å². The van der Waals surface area contributed by atoms with Crippen molar-refractivity contribution in [2.75, 3.05) is 18.6 Å². The number of benzene rings is 1. The quantitative estimate of drug-likeness (QED) is 0.260. The molecular weight excluding hydrogens is 580 g/mol. The first-order valence-electron chi connectivity index (χ1n) is 16.8. The SMILES string of the molecule is COc1ccc(C23CCC(CN(c4cc(-c5cnc(C(C)C)s5)ccn4)C(=O)[C@H]4CC[C@H](NC(C)=O)CC4)(CC2)CC3)cc1C. The van der Waals surface area contributed by atoms with E-state index in [1.807, 2.05) is 23.4 Å². The summed E-state index contributed by atoms with van der Waals surface area (Å²) in [5.74, 6) is 2.22. The Morgan fingerprint density at radius 1 is 1.02 bits per heavy atom. The van der Waals surface area contributed by atoms with Crippen LogP contribution in [0, 0.1) is 18.3 Å². The van der Waals surface area contributed by atoms with Gasteiger partial charge in [-0.05, 0) is 117 Å². The van der Waals surface area contributed by atoms with Gasteiger partial charge in [0.25, 0.3) is 0 Å². The summed E-state index contributed by atoms with van der Waals surface area (Å²) in [6.07, 6.45) is 13.9. The van der Waals surface area contributed by atoms with Gasteiger partial charge in [-0.1, -0.05) is 26.0 Å². The zero-order valence-corrected chi connectivity index (χ0v) is 28.3. The molecule has 0 radical (unpaired) electrons. The minimum absolute atomic E-state index is 0.00526. The van der Waals surface area contributed by atoms with Gasteiger partial charge in [-0.15, -0.1) is 11.3 Å². The molecule has 240 valence electrons. The number of ether oxygens (including phenoxy) is 1. The van der Waals surface area contributed by atoms with Gasteiger partial charge in [0, 0.05) is 43.7 Å². The Balaban J connectivity index is 1.25. The van der Waals surface area contributed by atoms with Crippen LogP contribution < -0.4 is 15.0 Å². The first kappa shape index (κ1) is 31.7. The number of hydrogen-bond acceptors (Lipinski definition) is 6. The molecule has 3 aromatic rings. The van der Waals surface area contributed by atoms with Gasteiger partial charge >= 0.3 is 0 Å². The summed E-state index contributed by atoms with van der Waals surface area (Å²) < 4.78 is 5.54. The van der Waals surface area contributed by atoms with Crippen molar-refractivity contribution in [1.82, 2.24) is 15.3 Å². The average molecular weight is 629 g/mol. The summed E-state index contributed by atoms with van der Waals surface area (Å²) in [7, 11) is 1.74. The molecule has 45 heavy (non-hydrogen) atoms. The number of aryl methyl sites for hydroxylation is 1. The highest BCUT2D eigenvalue weighted by molar-refractivity contribution is 7.15. The molecule has 4 saturated carbocycles. The number of amides is 2. The standard InChI is InChI=1S/C37H48N4O3S/c1-24(2)34-39-22-32(45-34)28-12-19-38-33(21-28)41(35(43)27-6-9-30(10-7-27)40-26(4)42)23-36-13-16-37(17-14-36,18-15-36)29-8-11-31(44-5)25(3)20-29/h8,11-12,19-22,24,27,30H,6-7,9-10,13-18,23H2,1-5H3,(H,40,42)/t27-,30-,36?,37?. The second-order valence-electron chi connectivity index (χ2n) is 14.3. The summed E-state index contributed by atoms with van der Waals surface area (Å²) in [5.41, 5.74) is 4.02. The molecule has 0 aliphatic heterocycles. The molecule has 4 aliphatic rings. The molecule has 2 aromatic heterocycles. The average Bonchev–Trinajstić information content (AvgIpc) is 3.56. The van der Waals surface area contributed by atoms with E-state index in [2.05, 4.69) is 55.3 Å². The fraction of sp³-hybridized carbons (Fsp3) is 0.568. The largest absolute Gasteiger partial charge is 0.496 e. The molecule has 1 aromatic carbocycles. The number of methoxy groups -OCH3 is 1. The Bertz CT molecular complexity index is 1520. The maximum atomic E-state index is 14.5. The molecule has 2 bridgehead atoms. The van der Waals surface area contributed by atoms with Crippen LogP contribution in [0.1, 0.15) is 107 Å². The third-order valence-corrected chi connectivity index (χ3v) is 12.3. The molecule has 0 atom stereocenters. The van der Waals surface area contributed by atoms with Gasteiger partial charge in [0.15, 0.2) is 0 Å². The Morgan fingerprint density at radius 2 is 1.73 bits per heavy atom. The normalized spacial score (nSPS) is 26.1. The van der Waals surface area contributed by atoms with Gasteiger partial charge in [0.1, 0.15) is 11.6 Å². The van der Waals surface area contributed by atoms with Crippen molar-refractivity contribution in [2.24, 2.45) is 11.3 Å². The monoisotopic (exact) mass is 628 g/mol. The van der Waals surface area contributed by atoms with Crippen LogP contribution in [0.3, 0.4) is 0 Å². The van der Waals surface area contributed by atoms with Gasteiger partial charge < -0.3 is 10.1 Å². The third kappa shape index (κ3) is 6.53. The van der Waals surface area contributed by atoms with Crippen molar-refractivity contribution in [3.8, 4) is 16.2 Å². The smallest absolute Gasteiger partial charge is 0.231 e. The number of fused-ring (bicyclic) bond motifs is 3. The summed E-state index contributed by atoms with van der Waals surface area (Å²) in [6, 6.07) is 11.0. The fourth-order valence-electron chi connectivity index (χ4n) is 8.15. The van der Waals surface area contributed by atoms with E-state index in [-0.39, 0.29) is 34.6 Å². The molecule has 2 heterocycles. The van der Waals surface area contributed by atoms with Crippen LogP contribution in [-0.4, -0.2) is 41.5 Å². The molecule has 0 spiro atoms. The highest BCUT2D eigenvalue weighted by Gasteiger charge is 2.51. The number of carbonyl (C=O) groups is 2. The lowest BCUT2D eigenvalue weighted by Crippen LogP contribution is -2.52. The van der Waals surface area contributed by atoms with Crippen LogP contribution in [0.25, 0.3) is 10.4 Å². The molecule has 1 N–H and O–H groups in total. The van der Waals surface area contributed by atoms with Crippen molar-refractivity contribution < 1.29 is 14.3 Å². The van der Waals surface area contributed by atoms with E-state index in [1.165, 1.54) is 11.1 Å². The van der Waals surface area contributed by atoms with Gasteiger partial charge in [0.05, 0.1) is 17.0 Å². The number of pyridine rings is 1. The highest BCUT2D eigenvalue weighted by atomic mass is 32.1. The predicted octanol–water partition coefficient (Wildman–Crippen LogP) is 7.97. The fourth-order valence-corrected chi connectivity index (χ4v) is 9.07. The lowest BCUT2D eigenvalue weighted by molar-refractivity contribution is -0.124. The Labute approximate surface area is 272 Å². The second kappa shape index (κ2) is 12.9. The third-order valence-electron chi connectivity index (χ3n) is 11.0. The number of aromatic nitrogens is 2. The minimum Gasteiger partial charge on any atom is -0.496 e. The van der Waals surface area contributed by atoms with Crippen LogP contribution in [0.15, 0.2) is 42.7 Å². The summed E-state index contributed by atoms with van der Waals surface area (Å²) in [6.45, 7) is 8.76. The van der Waals surface area contributed by atoms with E-state index in [9.17, 15) is 9.59 Å². The number of rotatable bonds is 9. The molecule has 0 saturated heterocycles. The minimum atomic E-state index is -0.0543. The van der Waals surface area contributed by atoms with Gasteiger partial charge in [-0.25, -0.2) is 9.97 Å². The molecule has 0 unspecified atom stereocenters. The van der Waals surface area contributed by atoms with Gasteiger partial charge in [0.2, 0.25) is 11.8 Å². The molecule has 8 heteroatoms. The van der Waals surface area contributed by atoms with E-state index in [1.54, 1.807) is 25.4 Å². The molecular formula is C37H48N4O3S. The van der Waals surface area contributed by atoms with Crippen molar-refractivity contribution in [1.29, 1.82) is 0 Å². The lowest BCUT2D eigenvalue weighted by atomic mass is 9.51. The summed E-state index contributed by atoms with van der Waals surface area (Å²) in [5, 5.41) is 4.18. The van der Waals surface area contributed by atoms with Crippen molar-refractivity contribution in [2.45, 2.75) is 109 Å². The Hall–Kier alpha value is -3.26. The van der Waals surface area contributed by atoms with E-state index < -0.39 is 0 Å². The molecule has 4 fully saturated rings. The number of thiazole rings is 1. The Kier molecular flexibility index (Phi) is 9.06. The lowest BCUT2D eigenvalue weighted by Gasteiger charge is -2.55. The zero-order chi connectivity index (χ0) is 31.8. The maximum absolute atomic E-state index is 14.5. The summed E-state index contributed by atoms with van der Waals surface area (Å²) >= 11 is 1.72. The zero-order valence-electron chi connectivity index (χ0n) is 27.5. The number of hydrogen-bond donors (Lipinski definition) is 1. The van der Waals surface area contributed by atoms with Crippen molar-refractivity contribution in [3.05, 3.63) is 58.9 Å². The van der Waals surface area contributed by atoms with Crippen molar-refractivity contribution in [3.63, 3.8) is 0 Å².